The van der Waals surface area contributed by atoms with E-state index >= 15 is 0 Å². The first-order valence-electron chi connectivity index (χ1n) is 10.7. The highest BCUT2D eigenvalue weighted by molar-refractivity contribution is 5.76. The van der Waals surface area contributed by atoms with Crippen LogP contribution in [0.3, 0.4) is 0 Å². The topological polar surface area (TPSA) is 65.7 Å². The van der Waals surface area contributed by atoms with Crippen LogP contribution in [0.4, 0.5) is 0 Å². The van der Waals surface area contributed by atoms with Gasteiger partial charge in [-0.1, -0.05) is 18.2 Å². The largest absolute Gasteiger partial charge is 0.496 e. The normalized spacial score (nSPS) is 20.0. The molecule has 3 N–H and O–H groups in total. The second-order valence-corrected chi connectivity index (χ2v) is 7.95. The lowest BCUT2D eigenvalue weighted by molar-refractivity contribution is -1.02. The summed E-state index contributed by atoms with van der Waals surface area (Å²) in [4.78, 5) is 15.3. The molecular weight excluding hydrogens is 382 g/mol. The molecule has 1 saturated heterocycles. The molecule has 0 bridgehead atoms. The Morgan fingerprint density at radius 1 is 1.03 bits per heavy atom. The maximum absolute atomic E-state index is 12.3. The van der Waals surface area contributed by atoms with E-state index < -0.39 is 0 Å². The van der Waals surface area contributed by atoms with Crippen LogP contribution in [0.1, 0.15) is 11.1 Å². The van der Waals surface area contributed by atoms with Gasteiger partial charge in [-0.3, -0.25) is 4.79 Å². The Kier molecular flexibility index (Phi) is 6.71. The number of hydrogen-bond acceptors (Lipinski definition) is 4. The van der Waals surface area contributed by atoms with Crippen molar-refractivity contribution in [3.8, 4) is 17.2 Å². The van der Waals surface area contributed by atoms with Gasteiger partial charge >= 0.3 is 0 Å². The van der Waals surface area contributed by atoms with E-state index in [0.717, 1.165) is 62.0 Å². The summed E-state index contributed by atoms with van der Waals surface area (Å²) >= 11 is 0. The zero-order valence-corrected chi connectivity index (χ0v) is 17.5. The number of amides is 1. The fraction of sp³-hybridized carbons (Fsp3) is 0.435. The average molecular weight is 414 g/mol. The molecule has 2 aliphatic rings. The maximum atomic E-state index is 12.3. The number of quaternary nitrogens is 2. The van der Waals surface area contributed by atoms with Crippen LogP contribution in [0.2, 0.25) is 0 Å². The summed E-state index contributed by atoms with van der Waals surface area (Å²) in [5.41, 5.74) is 2.39. The van der Waals surface area contributed by atoms with Crippen molar-refractivity contribution >= 4 is 5.91 Å². The van der Waals surface area contributed by atoms with Crippen LogP contribution in [-0.2, 0) is 17.8 Å². The molecule has 30 heavy (non-hydrogen) atoms. The number of ether oxygens (including phenoxy) is 3. The minimum absolute atomic E-state index is 0.124. The van der Waals surface area contributed by atoms with E-state index in [-0.39, 0.29) is 5.91 Å². The van der Waals surface area contributed by atoms with Gasteiger partial charge in [0.15, 0.2) is 18.0 Å². The number of carbonyl (C=O) groups is 1. The monoisotopic (exact) mass is 413 g/mol. The van der Waals surface area contributed by atoms with E-state index in [1.165, 1.54) is 10.5 Å². The third kappa shape index (κ3) is 5.23. The van der Waals surface area contributed by atoms with Crippen molar-refractivity contribution in [3.63, 3.8) is 0 Å². The highest BCUT2D eigenvalue weighted by atomic mass is 16.7. The third-order valence-electron chi connectivity index (χ3n) is 5.87. The van der Waals surface area contributed by atoms with Gasteiger partial charge in [-0.25, -0.2) is 0 Å². The minimum Gasteiger partial charge on any atom is -0.496 e. The van der Waals surface area contributed by atoms with E-state index in [0.29, 0.717) is 19.9 Å². The van der Waals surface area contributed by atoms with Gasteiger partial charge in [0, 0.05) is 12.1 Å². The smallest absolute Gasteiger partial charge is 0.275 e. The number of fused-ring (bicyclic) bond motifs is 1. The summed E-state index contributed by atoms with van der Waals surface area (Å²) in [6.45, 7) is 6.64. The van der Waals surface area contributed by atoms with Crippen molar-refractivity contribution < 1.29 is 28.8 Å². The molecule has 2 heterocycles. The Hall–Kier alpha value is -2.77. The predicted molar refractivity (Wildman–Crippen MR) is 112 cm³/mol. The van der Waals surface area contributed by atoms with E-state index in [1.807, 2.05) is 30.3 Å². The summed E-state index contributed by atoms with van der Waals surface area (Å²) in [6.07, 6.45) is 0.776. The van der Waals surface area contributed by atoms with Crippen molar-refractivity contribution in [2.24, 2.45) is 0 Å². The van der Waals surface area contributed by atoms with Crippen LogP contribution in [0.15, 0.2) is 42.5 Å². The molecule has 160 valence electrons. The van der Waals surface area contributed by atoms with Crippen LogP contribution in [0, 0.1) is 0 Å². The van der Waals surface area contributed by atoms with Crippen molar-refractivity contribution in [3.05, 3.63) is 53.6 Å². The highest BCUT2D eigenvalue weighted by Crippen LogP contribution is 2.32. The summed E-state index contributed by atoms with van der Waals surface area (Å²) in [6, 6.07) is 14.1. The molecule has 0 radical (unpaired) electrons. The Labute approximate surface area is 177 Å². The maximum Gasteiger partial charge on any atom is 0.275 e. The molecule has 0 spiro atoms. The summed E-state index contributed by atoms with van der Waals surface area (Å²) < 4.78 is 16.2. The number of nitrogens with one attached hydrogen (secondary N) is 3. The Bertz CT molecular complexity index is 865. The highest BCUT2D eigenvalue weighted by Gasteiger charge is 2.25. The molecule has 7 nitrogen and oxygen atoms in total. The van der Waals surface area contributed by atoms with Gasteiger partial charge in [-0.2, -0.15) is 0 Å². The van der Waals surface area contributed by atoms with E-state index in [9.17, 15) is 4.79 Å². The van der Waals surface area contributed by atoms with Crippen LogP contribution >= 0.6 is 0 Å². The number of para-hydroxylation sites is 1. The van der Waals surface area contributed by atoms with Gasteiger partial charge < -0.3 is 29.3 Å². The standard InChI is InChI=1S/C23H29N3O4/c1-28-20-5-3-2-4-19(20)8-9-24-23(27)16-26-12-10-25(11-13-26)15-18-6-7-21-22(14-18)30-17-29-21/h2-7,14H,8-13,15-17H2,1H3,(H,24,27)/p+2. The van der Waals surface area contributed by atoms with Gasteiger partial charge in [0.1, 0.15) is 38.5 Å². The Morgan fingerprint density at radius 3 is 2.63 bits per heavy atom. The second-order valence-electron chi connectivity index (χ2n) is 7.95. The number of carbonyl (C=O) groups excluding carboxylic acids is 1. The molecule has 0 aromatic heterocycles. The number of rotatable bonds is 8. The van der Waals surface area contributed by atoms with Crippen LogP contribution in [0.5, 0.6) is 17.2 Å². The molecule has 0 atom stereocenters. The molecule has 2 aliphatic heterocycles. The first kappa shape index (κ1) is 20.5. The number of methoxy groups -OCH3 is 1. The number of benzene rings is 2. The first-order valence-corrected chi connectivity index (χ1v) is 10.7. The number of piperazine rings is 1. The van der Waals surface area contributed by atoms with Crippen LogP contribution < -0.4 is 29.3 Å². The summed E-state index contributed by atoms with van der Waals surface area (Å²) in [5.74, 6) is 2.68. The van der Waals surface area contributed by atoms with Gasteiger partial charge in [0.2, 0.25) is 6.79 Å². The van der Waals surface area contributed by atoms with Gasteiger partial charge in [-0.05, 0) is 36.2 Å². The zero-order valence-electron chi connectivity index (χ0n) is 17.5. The quantitative estimate of drug-likeness (QED) is 0.523. The van der Waals surface area contributed by atoms with E-state index in [4.69, 9.17) is 14.2 Å². The predicted octanol–water partition coefficient (Wildman–Crippen LogP) is -0.934. The fourth-order valence-electron chi connectivity index (χ4n) is 4.19. The molecule has 2 aromatic rings. The van der Waals surface area contributed by atoms with Crippen molar-refractivity contribution in [2.45, 2.75) is 13.0 Å². The van der Waals surface area contributed by atoms with E-state index in [1.54, 1.807) is 12.0 Å². The van der Waals surface area contributed by atoms with Gasteiger partial charge in [0.05, 0.1) is 7.11 Å². The molecule has 0 aliphatic carbocycles. The average Bonchev–Trinajstić information content (AvgIpc) is 3.23. The van der Waals surface area contributed by atoms with Crippen LogP contribution in [0.25, 0.3) is 0 Å². The lowest BCUT2D eigenvalue weighted by atomic mass is 10.1. The van der Waals surface area contributed by atoms with Crippen molar-refractivity contribution in [1.82, 2.24) is 5.32 Å². The SMILES string of the molecule is COc1ccccc1CCNC(=O)C[NH+]1CC[NH+](Cc2ccc3c(c2)OCO3)CC1. The van der Waals surface area contributed by atoms with Crippen molar-refractivity contribution in [2.75, 3.05) is 53.2 Å². The van der Waals surface area contributed by atoms with E-state index in [2.05, 4.69) is 17.4 Å². The van der Waals surface area contributed by atoms with Gasteiger partial charge in [-0.15, -0.1) is 0 Å². The molecule has 1 amide bonds. The lowest BCUT2D eigenvalue weighted by Gasteiger charge is -2.29. The first-order chi connectivity index (χ1) is 14.7. The molecule has 0 saturated carbocycles. The Morgan fingerprint density at radius 2 is 1.80 bits per heavy atom. The summed E-state index contributed by atoms with van der Waals surface area (Å²) in [5, 5.41) is 3.06. The third-order valence-corrected chi connectivity index (χ3v) is 5.87. The summed E-state index contributed by atoms with van der Waals surface area (Å²) in [7, 11) is 1.68. The second kappa shape index (κ2) is 9.82. The zero-order chi connectivity index (χ0) is 20.8. The molecular formula is C23H31N3O4+2. The minimum atomic E-state index is 0.124. The number of hydrogen-bond donors (Lipinski definition) is 3. The lowest BCUT2D eigenvalue weighted by Crippen LogP contribution is -3.28. The fourth-order valence-corrected chi connectivity index (χ4v) is 4.19. The molecule has 4 rings (SSSR count). The van der Waals surface area contributed by atoms with Crippen LogP contribution in [-0.4, -0.2) is 59.1 Å². The van der Waals surface area contributed by atoms with Crippen molar-refractivity contribution in [1.29, 1.82) is 0 Å². The molecule has 7 heteroatoms. The molecule has 2 aromatic carbocycles. The van der Waals surface area contributed by atoms with Gasteiger partial charge in [0.25, 0.3) is 5.91 Å². The molecule has 0 unspecified atom stereocenters. The molecule has 1 fully saturated rings. The Balaban J connectivity index is 1.16.